The van der Waals surface area contributed by atoms with Gasteiger partial charge in [-0.1, -0.05) is 18.2 Å². The molecule has 0 aliphatic rings. The van der Waals surface area contributed by atoms with Crippen molar-refractivity contribution in [1.29, 1.82) is 0 Å². The maximum Gasteiger partial charge on any atom is 0.422 e. The first-order valence-electron chi connectivity index (χ1n) is 8.97. The summed E-state index contributed by atoms with van der Waals surface area (Å²) in [4.78, 5) is 14.1. The number of nitrogens with one attached hydrogen (secondary N) is 2. The highest BCUT2D eigenvalue weighted by molar-refractivity contribution is 5.89. The third-order valence-corrected chi connectivity index (χ3v) is 3.97. The van der Waals surface area contributed by atoms with Crippen LogP contribution in [0.4, 0.5) is 29.3 Å². The van der Waals surface area contributed by atoms with Crippen molar-refractivity contribution >= 4 is 17.4 Å². The van der Waals surface area contributed by atoms with E-state index in [0.29, 0.717) is 12.2 Å². The van der Waals surface area contributed by atoms with E-state index in [1.54, 1.807) is 0 Å². The number of urea groups is 1. The van der Waals surface area contributed by atoms with Gasteiger partial charge in [0.15, 0.2) is 18.1 Å². The number of rotatable bonds is 9. The number of hydrogen-bond donors (Lipinski definition) is 2. The molecule has 6 nitrogen and oxygen atoms in total. The normalized spacial score (nSPS) is 10.9. The summed E-state index contributed by atoms with van der Waals surface area (Å²) in [6, 6.07) is 13.6. The van der Waals surface area contributed by atoms with Gasteiger partial charge in [-0.25, -0.2) is 4.79 Å². The Morgan fingerprint density at radius 3 is 2.48 bits per heavy atom. The average Bonchev–Trinajstić information content (AvgIpc) is 2.69. The van der Waals surface area contributed by atoms with Crippen LogP contribution in [0.5, 0.6) is 11.5 Å². The Hall–Kier alpha value is -3.10. The predicted molar refractivity (Wildman–Crippen MR) is 106 cm³/mol. The van der Waals surface area contributed by atoms with Gasteiger partial charge in [-0.15, -0.1) is 0 Å². The van der Waals surface area contributed by atoms with Crippen LogP contribution in [0.3, 0.4) is 0 Å². The van der Waals surface area contributed by atoms with Crippen LogP contribution in [0.1, 0.15) is 6.42 Å². The summed E-state index contributed by atoms with van der Waals surface area (Å²) in [7, 11) is 3.29. The second-order valence-electron chi connectivity index (χ2n) is 6.26. The summed E-state index contributed by atoms with van der Waals surface area (Å²) in [5.41, 5.74) is 1.38. The Bertz CT molecular complexity index is 786. The van der Waals surface area contributed by atoms with Crippen LogP contribution in [0, 0.1) is 0 Å². The van der Waals surface area contributed by atoms with E-state index in [4.69, 9.17) is 9.47 Å². The number of alkyl halides is 3. The van der Waals surface area contributed by atoms with Gasteiger partial charge in [0.25, 0.3) is 0 Å². The molecule has 158 valence electrons. The average molecular weight is 411 g/mol. The number of amides is 2. The molecule has 0 aliphatic heterocycles. The first-order valence-corrected chi connectivity index (χ1v) is 8.97. The van der Waals surface area contributed by atoms with E-state index in [0.717, 1.165) is 18.7 Å². The van der Waals surface area contributed by atoms with Crippen LogP contribution in [0.2, 0.25) is 0 Å². The summed E-state index contributed by atoms with van der Waals surface area (Å²) in [6.07, 6.45) is -3.75. The fraction of sp³-hybridized carbons (Fsp3) is 0.350. The summed E-state index contributed by atoms with van der Waals surface area (Å²) < 4.78 is 46.9. The Balaban J connectivity index is 1.80. The van der Waals surface area contributed by atoms with Gasteiger partial charge in [0.2, 0.25) is 0 Å². The molecule has 0 saturated carbocycles. The van der Waals surface area contributed by atoms with E-state index in [1.807, 2.05) is 37.4 Å². The second kappa shape index (κ2) is 10.4. The number of para-hydroxylation sites is 1. The van der Waals surface area contributed by atoms with Gasteiger partial charge in [-0.2, -0.15) is 13.2 Å². The molecule has 2 rings (SSSR count). The number of hydrogen-bond acceptors (Lipinski definition) is 4. The Labute approximate surface area is 167 Å². The highest BCUT2D eigenvalue weighted by Crippen LogP contribution is 2.31. The van der Waals surface area contributed by atoms with Gasteiger partial charge >= 0.3 is 12.2 Å². The fourth-order valence-corrected chi connectivity index (χ4v) is 2.53. The summed E-state index contributed by atoms with van der Waals surface area (Å²) >= 11 is 0. The molecule has 0 heterocycles. The molecule has 0 unspecified atom stereocenters. The van der Waals surface area contributed by atoms with E-state index >= 15 is 0 Å². The van der Waals surface area contributed by atoms with E-state index in [2.05, 4.69) is 15.5 Å². The molecule has 0 aliphatic carbocycles. The molecule has 2 amide bonds. The van der Waals surface area contributed by atoms with Crippen molar-refractivity contribution in [2.45, 2.75) is 12.6 Å². The molecule has 2 aromatic rings. The van der Waals surface area contributed by atoms with Crippen molar-refractivity contribution in [3.8, 4) is 11.5 Å². The zero-order chi connectivity index (χ0) is 21.3. The van der Waals surface area contributed by atoms with Gasteiger partial charge in [-0.3, -0.25) is 0 Å². The van der Waals surface area contributed by atoms with Crippen LogP contribution in [-0.4, -0.2) is 46.1 Å². The molecule has 0 radical (unpaired) electrons. The van der Waals surface area contributed by atoms with Crippen molar-refractivity contribution in [1.82, 2.24) is 5.32 Å². The lowest BCUT2D eigenvalue weighted by Crippen LogP contribution is -2.31. The molecule has 0 saturated heterocycles. The largest absolute Gasteiger partial charge is 0.493 e. The molecule has 0 bridgehead atoms. The fourth-order valence-electron chi connectivity index (χ4n) is 2.53. The maximum atomic E-state index is 12.4. The number of methoxy groups -OCH3 is 1. The quantitative estimate of drug-likeness (QED) is 0.605. The van der Waals surface area contributed by atoms with Gasteiger partial charge in [0.05, 0.1) is 7.11 Å². The summed E-state index contributed by atoms with van der Waals surface area (Å²) in [6.45, 7) is -0.257. The van der Waals surface area contributed by atoms with Gasteiger partial charge in [-0.05, 0) is 30.7 Å². The van der Waals surface area contributed by atoms with E-state index < -0.39 is 18.8 Å². The minimum Gasteiger partial charge on any atom is -0.493 e. The van der Waals surface area contributed by atoms with Gasteiger partial charge in [0.1, 0.15) is 0 Å². The van der Waals surface area contributed by atoms with Crippen molar-refractivity contribution in [2.75, 3.05) is 44.1 Å². The van der Waals surface area contributed by atoms with Crippen molar-refractivity contribution in [3.05, 3.63) is 48.5 Å². The number of nitrogens with zero attached hydrogens (tertiary/aromatic N) is 1. The molecule has 0 spiro atoms. The predicted octanol–water partition coefficient (Wildman–Crippen LogP) is 4.28. The van der Waals surface area contributed by atoms with Crippen molar-refractivity contribution in [3.63, 3.8) is 0 Å². The highest BCUT2D eigenvalue weighted by Gasteiger charge is 2.29. The maximum absolute atomic E-state index is 12.4. The van der Waals surface area contributed by atoms with Gasteiger partial charge < -0.3 is 25.0 Å². The van der Waals surface area contributed by atoms with Gasteiger partial charge in [0, 0.05) is 37.6 Å². The van der Waals surface area contributed by atoms with Crippen LogP contribution in [-0.2, 0) is 0 Å². The zero-order valence-electron chi connectivity index (χ0n) is 16.3. The number of benzene rings is 2. The number of anilines is 2. The van der Waals surface area contributed by atoms with E-state index in [-0.39, 0.29) is 11.5 Å². The lowest BCUT2D eigenvalue weighted by atomic mass is 10.2. The molecule has 0 fully saturated rings. The third-order valence-electron chi connectivity index (χ3n) is 3.97. The Morgan fingerprint density at radius 2 is 1.83 bits per heavy atom. The number of ether oxygens (including phenoxy) is 2. The lowest BCUT2D eigenvalue weighted by Gasteiger charge is -2.19. The van der Waals surface area contributed by atoms with Crippen LogP contribution >= 0.6 is 0 Å². The monoisotopic (exact) mass is 411 g/mol. The minimum absolute atomic E-state index is 0.105. The Morgan fingerprint density at radius 1 is 1.10 bits per heavy atom. The lowest BCUT2D eigenvalue weighted by molar-refractivity contribution is -0.153. The molecule has 0 atom stereocenters. The molecule has 2 aromatic carbocycles. The summed E-state index contributed by atoms with van der Waals surface area (Å²) in [5, 5.41) is 5.28. The Kier molecular flexibility index (Phi) is 7.99. The number of halogens is 3. The number of carbonyl (C=O) groups excluding carboxylic acids is 1. The van der Waals surface area contributed by atoms with Crippen LogP contribution in [0.15, 0.2) is 48.5 Å². The highest BCUT2D eigenvalue weighted by atomic mass is 19.4. The molecule has 2 N–H and O–H groups in total. The number of carbonyl (C=O) groups is 1. The molecular weight excluding hydrogens is 387 g/mol. The molecular formula is C20H24F3N3O3. The topological polar surface area (TPSA) is 62.8 Å². The zero-order valence-corrected chi connectivity index (χ0v) is 16.3. The second-order valence-corrected chi connectivity index (χ2v) is 6.26. The smallest absolute Gasteiger partial charge is 0.422 e. The third kappa shape index (κ3) is 7.81. The van der Waals surface area contributed by atoms with E-state index in [9.17, 15) is 18.0 Å². The molecule has 9 heteroatoms. The first-order chi connectivity index (χ1) is 13.8. The van der Waals surface area contributed by atoms with Crippen molar-refractivity contribution in [2.24, 2.45) is 0 Å². The van der Waals surface area contributed by atoms with Crippen molar-refractivity contribution < 1.29 is 27.4 Å². The van der Waals surface area contributed by atoms with E-state index in [1.165, 1.54) is 25.3 Å². The molecule has 29 heavy (non-hydrogen) atoms. The van der Waals surface area contributed by atoms with Crippen LogP contribution in [0.25, 0.3) is 0 Å². The first kappa shape index (κ1) is 22.2. The SMILES string of the molecule is COc1ccc(NC(=O)NCCCN(C)c2ccccc2)cc1OCC(F)(F)F. The van der Waals surface area contributed by atoms with Crippen LogP contribution < -0.4 is 25.0 Å². The molecule has 0 aromatic heterocycles. The summed E-state index contributed by atoms with van der Waals surface area (Å²) in [5.74, 6) is 0.0382. The standard InChI is InChI=1S/C20H24F3N3O3/c1-26(16-7-4-3-5-8-16)12-6-11-24-19(27)25-15-9-10-17(28-2)18(13-15)29-14-20(21,22)23/h3-5,7-10,13H,6,11-12,14H2,1-2H3,(H2,24,25,27). The minimum atomic E-state index is -4.47.